The summed E-state index contributed by atoms with van der Waals surface area (Å²) in [6.07, 6.45) is 0.843. The van der Waals surface area contributed by atoms with Crippen LogP contribution in [0.4, 0.5) is 0 Å². The van der Waals surface area contributed by atoms with Crippen molar-refractivity contribution in [2.75, 3.05) is 6.54 Å². The zero-order chi connectivity index (χ0) is 13.7. The Morgan fingerprint density at radius 3 is 1.95 bits per heavy atom. The lowest BCUT2D eigenvalue weighted by Gasteiger charge is -2.32. The van der Waals surface area contributed by atoms with E-state index in [0.717, 1.165) is 13.0 Å². The molecule has 4 heteroatoms. The third kappa shape index (κ3) is 6.32. The molecule has 1 aromatic rings. The lowest BCUT2D eigenvalue weighted by molar-refractivity contribution is 0.164. The normalized spacial score (nSPS) is 12.8. The Morgan fingerprint density at radius 1 is 1.05 bits per heavy atom. The first kappa shape index (κ1) is 18.3. The molecular formula is C15H28N2OS. The monoisotopic (exact) mass is 284 g/mol. The fourth-order valence-electron chi connectivity index (χ4n) is 2.29. The number of phenolic OH excluding ortho intramolecular Hbond substituents is 1. The lowest BCUT2D eigenvalue weighted by Crippen LogP contribution is -2.45. The number of hydrogen-bond donors (Lipinski definition) is 2. The maximum atomic E-state index is 9.24. The van der Waals surface area contributed by atoms with Crippen LogP contribution in [-0.2, 0) is 6.42 Å². The zero-order valence-electron chi connectivity index (χ0n) is 12.4. The minimum Gasteiger partial charge on any atom is -0.508 e. The molecule has 1 aromatic carbocycles. The molecule has 19 heavy (non-hydrogen) atoms. The Hall–Kier alpha value is -0.710. The predicted molar refractivity (Wildman–Crippen MR) is 87.1 cm³/mol. The van der Waals surface area contributed by atoms with Crippen molar-refractivity contribution in [3.63, 3.8) is 0 Å². The standard InChI is InChI=1S/C15H26N2O.H2S/c1-11(2)17(12(3)4)10-14(16)9-13-5-7-15(18)8-6-13;/h5-8,11-12,14,18H,9-10,16H2,1-4H3;1H2/t14-;/m0./s1. The van der Waals surface area contributed by atoms with Crippen LogP contribution in [-0.4, -0.2) is 34.7 Å². The number of hydrogen-bond acceptors (Lipinski definition) is 3. The van der Waals surface area contributed by atoms with Gasteiger partial charge >= 0.3 is 0 Å². The maximum absolute atomic E-state index is 9.24. The Kier molecular flexibility index (Phi) is 8.14. The Labute approximate surface area is 124 Å². The van der Waals surface area contributed by atoms with Crippen LogP contribution in [0.5, 0.6) is 5.75 Å². The number of nitrogens with two attached hydrogens (primary N) is 1. The van der Waals surface area contributed by atoms with E-state index >= 15 is 0 Å². The second-order valence-corrected chi connectivity index (χ2v) is 5.51. The highest BCUT2D eigenvalue weighted by atomic mass is 32.1. The molecule has 0 fully saturated rings. The third-order valence-corrected chi connectivity index (χ3v) is 3.21. The third-order valence-electron chi connectivity index (χ3n) is 3.21. The molecule has 3 N–H and O–H groups in total. The van der Waals surface area contributed by atoms with Gasteiger partial charge in [0, 0.05) is 24.7 Å². The van der Waals surface area contributed by atoms with Crippen molar-refractivity contribution < 1.29 is 5.11 Å². The molecule has 0 aromatic heterocycles. The molecule has 0 bridgehead atoms. The number of benzene rings is 1. The van der Waals surface area contributed by atoms with Gasteiger partial charge in [0.2, 0.25) is 0 Å². The molecule has 0 unspecified atom stereocenters. The van der Waals surface area contributed by atoms with Crippen molar-refractivity contribution in [2.45, 2.75) is 52.2 Å². The second kappa shape index (κ2) is 8.46. The van der Waals surface area contributed by atoms with Crippen molar-refractivity contribution in [3.05, 3.63) is 29.8 Å². The average molecular weight is 284 g/mol. The van der Waals surface area contributed by atoms with E-state index < -0.39 is 0 Å². The minimum absolute atomic E-state index is 0. The largest absolute Gasteiger partial charge is 0.508 e. The Balaban J connectivity index is 0.00000324. The van der Waals surface area contributed by atoms with Gasteiger partial charge in [0.25, 0.3) is 0 Å². The van der Waals surface area contributed by atoms with Crippen LogP contribution < -0.4 is 5.73 Å². The molecule has 0 saturated carbocycles. The highest BCUT2D eigenvalue weighted by Crippen LogP contribution is 2.12. The van der Waals surface area contributed by atoms with E-state index in [1.165, 1.54) is 5.56 Å². The quantitative estimate of drug-likeness (QED) is 0.844. The fraction of sp³-hybridized carbons (Fsp3) is 0.600. The van der Waals surface area contributed by atoms with Crippen molar-refractivity contribution in [2.24, 2.45) is 5.73 Å². The summed E-state index contributed by atoms with van der Waals surface area (Å²) in [5.41, 5.74) is 7.39. The summed E-state index contributed by atoms with van der Waals surface area (Å²) < 4.78 is 0. The first-order chi connectivity index (χ1) is 8.40. The van der Waals surface area contributed by atoms with E-state index in [4.69, 9.17) is 5.73 Å². The summed E-state index contributed by atoms with van der Waals surface area (Å²) in [5, 5.41) is 9.24. The summed E-state index contributed by atoms with van der Waals surface area (Å²) in [5.74, 6) is 0.304. The number of rotatable bonds is 6. The molecule has 0 saturated heterocycles. The van der Waals surface area contributed by atoms with E-state index in [-0.39, 0.29) is 19.5 Å². The molecule has 1 atom stereocenters. The molecule has 0 aliphatic carbocycles. The van der Waals surface area contributed by atoms with Gasteiger partial charge < -0.3 is 10.8 Å². The summed E-state index contributed by atoms with van der Waals surface area (Å²) in [7, 11) is 0. The molecule has 110 valence electrons. The van der Waals surface area contributed by atoms with Crippen molar-refractivity contribution in [1.82, 2.24) is 4.90 Å². The van der Waals surface area contributed by atoms with E-state index in [1.54, 1.807) is 12.1 Å². The Bertz CT molecular complexity index is 344. The highest BCUT2D eigenvalue weighted by molar-refractivity contribution is 7.59. The SMILES string of the molecule is CC(C)N(C[C@@H](N)Cc1ccc(O)cc1)C(C)C.S. The number of aromatic hydroxyl groups is 1. The molecule has 3 nitrogen and oxygen atoms in total. The van der Waals surface area contributed by atoms with Gasteiger partial charge in [-0.05, 0) is 51.8 Å². The van der Waals surface area contributed by atoms with E-state index in [0.29, 0.717) is 17.8 Å². The summed E-state index contributed by atoms with van der Waals surface area (Å²) in [6, 6.07) is 8.44. The topological polar surface area (TPSA) is 49.5 Å². The van der Waals surface area contributed by atoms with Crippen LogP contribution >= 0.6 is 13.5 Å². The van der Waals surface area contributed by atoms with Gasteiger partial charge in [-0.1, -0.05) is 12.1 Å². The van der Waals surface area contributed by atoms with E-state index in [1.807, 2.05) is 12.1 Å². The van der Waals surface area contributed by atoms with Crippen LogP contribution in [0.3, 0.4) is 0 Å². The van der Waals surface area contributed by atoms with Crippen LogP contribution in [0.15, 0.2) is 24.3 Å². The fourth-order valence-corrected chi connectivity index (χ4v) is 2.29. The number of phenols is 1. The first-order valence-corrected chi connectivity index (χ1v) is 6.69. The first-order valence-electron chi connectivity index (χ1n) is 6.69. The van der Waals surface area contributed by atoms with Gasteiger partial charge in [-0.15, -0.1) is 0 Å². The maximum Gasteiger partial charge on any atom is 0.115 e. The minimum atomic E-state index is 0. The molecule has 0 spiro atoms. The van der Waals surface area contributed by atoms with Crippen LogP contribution in [0.25, 0.3) is 0 Å². The number of nitrogens with zero attached hydrogens (tertiary/aromatic N) is 1. The van der Waals surface area contributed by atoms with Crippen molar-refractivity contribution in [3.8, 4) is 5.75 Å². The van der Waals surface area contributed by atoms with Gasteiger partial charge in [-0.25, -0.2) is 0 Å². The molecule has 0 radical (unpaired) electrons. The predicted octanol–water partition coefficient (Wildman–Crippen LogP) is 2.49. The molecule has 0 heterocycles. The van der Waals surface area contributed by atoms with Crippen LogP contribution in [0.2, 0.25) is 0 Å². The summed E-state index contributed by atoms with van der Waals surface area (Å²) in [6.45, 7) is 9.71. The molecular weight excluding hydrogens is 256 g/mol. The van der Waals surface area contributed by atoms with Gasteiger partial charge in [0.15, 0.2) is 0 Å². The summed E-state index contributed by atoms with van der Waals surface area (Å²) in [4.78, 5) is 2.41. The van der Waals surface area contributed by atoms with E-state index in [2.05, 4.69) is 32.6 Å². The molecule has 0 aliphatic rings. The summed E-state index contributed by atoms with van der Waals surface area (Å²) >= 11 is 0. The van der Waals surface area contributed by atoms with Gasteiger partial charge in [-0.2, -0.15) is 13.5 Å². The van der Waals surface area contributed by atoms with Crippen molar-refractivity contribution >= 4 is 13.5 Å². The molecule has 0 amide bonds. The van der Waals surface area contributed by atoms with Gasteiger partial charge in [-0.3, -0.25) is 4.90 Å². The van der Waals surface area contributed by atoms with Gasteiger partial charge in [0.1, 0.15) is 5.75 Å². The smallest absolute Gasteiger partial charge is 0.115 e. The molecule has 0 aliphatic heterocycles. The average Bonchev–Trinajstić information content (AvgIpc) is 2.28. The lowest BCUT2D eigenvalue weighted by atomic mass is 10.0. The van der Waals surface area contributed by atoms with Crippen LogP contribution in [0.1, 0.15) is 33.3 Å². The highest BCUT2D eigenvalue weighted by Gasteiger charge is 2.16. The molecule has 1 rings (SSSR count). The zero-order valence-corrected chi connectivity index (χ0v) is 13.4. The Morgan fingerprint density at radius 2 is 1.53 bits per heavy atom. The second-order valence-electron chi connectivity index (χ2n) is 5.51. The van der Waals surface area contributed by atoms with Crippen LogP contribution in [0, 0.1) is 0 Å². The van der Waals surface area contributed by atoms with Gasteiger partial charge in [0.05, 0.1) is 0 Å². The van der Waals surface area contributed by atoms with E-state index in [9.17, 15) is 5.11 Å². The van der Waals surface area contributed by atoms with Crippen molar-refractivity contribution in [1.29, 1.82) is 0 Å².